The third-order valence-electron chi connectivity index (χ3n) is 1.29. The molecule has 0 spiro atoms. The van der Waals surface area contributed by atoms with Crippen LogP contribution in [0.5, 0.6) is 0 Å². The van der Waals surface area contributed by atoms with Crippen molar-refractivity contribution in [3.8, 4) is 0 Å². The molecular weight excluding hydrogens is 176 g/mol. The van der Waals surface area contributed by atoms with E-state index < -0.39 is 6.29 Å². The summed E-state index contributed by atoms with van der Waals surface area (Å²) in [7, 11) is 3.16. The van der Waals surface area contributed by atoms with Gasteiger partial charge in [0.15, 0.2) is 6.29 Å². The zero-order valence-corrected chi connectivity index (χ0v) is 8.19. The molecule has 13 heavy (non-hydrogen) atoms. The molecule has 1 unspecified atom stereocenters. The molecule has 0 rings (SSSR count). The highest BCUT2D eigenvalue weighted by atomic mass is 16.7. The van der Waals surface area contributed by atoms with Crippen LogP contribution in [0.3, 0.4) is 0 Å². The Hall–Kier alpha value is -0.200. The van der Waals surface area contributed by atoms with Crippen molar-refractivity contribution in [1.29, 1.82) is 0 Å². The summed E-state index contributed by atoms with van der Waals surface area (Å²) in [6.45, 7) is 1.55. The molecule has 5 nitrogen and oxygen atoms in total. The van der Waals surface area contributed by atoms with Crippen LogP contribution in [0, 0.1) is 0 Å². The van der Waals surface area contributed by atoms with Gasteiger partial charge in [0, 0.05) is 14.2 Å². The van der Waals surface area contributed by atoms with Crippen LogP contribution in [0.15, 0.2) is 0 Å². The van der Waals surface area contributed by atoms with E-state index >= 15 is 0 Å². The van der Waals surface area contributed by atoms with Gasteiger partial charge >= 0.3 is 0 Å². The van der Waals surface area contributed by atoms with E-state index in [1.807, 2.05) is 0 Å². The van der Waals surface area contributed by atoms with Gasteiger partial charge in [0.1, 0.15) is 0 Å². The Bertz CT molecular complexity index is 98.5. The monoisotopic (exact) mass is 194 g/mol. The van der Waals surface area contributed by atoms with Gasteiger partial charge in [-0.2, -0.15) is 0 Å². The molecule has 5 heteroatoms. The van der Waals surface area contributed by atoms with Gasteiger partial charge in [0.25, 0.3) is 0 Å². The smallest absolute Gasteiger partial charge is 0.181 e. The molecule has 1 N–H and O–H groups in total. The van der Waals surface area contributed by atoms with Gasteiger partial charge < -0.3 is 24.1 Å². The van der Waals surface area contributed by atoms with Crippen molar-refractivity contribution >= 4 is 0 Å². The largest absolute Gasteiger partial charge is 0.394 e. The Morgan fingerprint density at radius 1 is 1.00 bits per heavy atom. The normalized spacial score (nSPS) is 13.2. The van der Waals surface area contributed by atoms with Gasteiger partial charge in [-0.1, -0.05) is 0 Å². The molecule has 0 heterocycles. The number of aliphatic hydroxyl groups excluding tert-OH is 1. The Kier molecular flexibility index (Phi) is 9.73. The van der Waals surface area contributed by atoms with Gasteiger partial charge in [0.05, 0.1) is 33.0 Å². The van der Waals surface area contributed by atoms with Crippen molar-refractivity contribution in [2.75, 3.05) is 47.3 Å². The average Bonchev–Trinajstić information content (AvgIpc) is 2.14. The lowest BCUT2D eigenvalue weighted by Crippen LogP contribution is -2.25. The fourth-order valence-corrected chi connectivity index (χ4v) is 0.727. The fourth-order valence-electron chi connectivity index (χ4n) is 0.727. The van der Waals surface area contributed by atoms with Crippen LogP contribution < -0.4 is 0 Å². The van der Waals surface area contributed by atoms with Crippen molar-refractivity contribution in [2.45, 2.75) is 6.29 Å². The van der Waals surface area contributed by atoms with E-state index in [1.165, 1.54) is 0 Å². The molecule has 0 saturated carbocycles. The molecular formula is C8H18O5. The average molecular weight is 194 g/mol. The Balaban J connectivity index is 3.41. The first-order valence-corrected chi connectivity index (χ1v) is 4.17. The minimum Gasteiger partial charge on any atom is -0.394 e. The van der Waals surface area contributed by atoms with Gasteiger partial charge in [-0.3, -0.25) is 0 Å². The molecule has 0 saturated heterocycles. The molecule has 80 valence electrons. The lowest BCUT2D eigenvalue weighted by molar-refractivity contribution is -0.176. The third kappa shape index (κ3) is 8.14. The Labute approximate surface area is 78.5 Å². The van der Waals surface area contributed by atoms with Crippen LogP contribution in [-0.4, -0.2) is 58.7 Å². The molecule has 0 bridgehead atoms. The number of rotatable bonds is 9. The lowest BCUT2D eigenvalue weighted by Gasteiger charge is -2.16. The molecule has 0 aromatic rings. The number of hydrogen-bond donors (Lipinski definition) is 1. The molecule has 0 aromatic carbocycles. The topological polar surface area (TPSA) is 57.2 Å². The first-order valence-electron chi connectivity index (χ1n) is 4.17. The first kappa shape index (κ1) is 12.8. The molecule has 0 fully saturated rings. The second-order valence-electron chi connectivity index (χ2n) is 2.34. The van der Waals surface area contributed by atoms with Crippen LogP contribution >= 0.6 is 0 Å². The molecule has 1 atom stereocenters. The van der Waals surface area contributed by atoms with Crippen molar-refractivity contribution in [2.24, 2.45) is 0 Å². The Morgan fingerprint density at radius 3 is 2.23 bits per heavy atom. The molecule has 0 radical (unpaired) electrons. The maximum Gasteiger partial charge on any atom is 0.181 e. The van der Waals surface area contributed by atoms with E-state index in [9.17, 15) is 0 Å². The molecule has 0 aromatic heterocycles. The van der Waals surface area contributed by atoms with E-state index in [2.05, 4.69) is 0 Å². The zero-order chi connectivity index (χ0) is 9.94. The van der Waals surface area contributed by atoms with Crippen molar-refractivity contribution < 1.29 is 24.1 Å². The zero-order valence-electron chi connectivity index (χ0n) is 8.19. The molecule has 0 amide bonds. The van der Waals surface area contributed by atoms with E-state index in [0.717, 1.165) is 0 Å². The maximum atomic E-state index is 8.51. The van der Waals surface area contributed by atoms with Crippen molar-refractivity contribution in [3.63, 3.8) is 0 Å². The number of aliphatic hydroxyl groups is 1. The third-order valence-corrected chi connectivity index (χ3v) is 1.29. The van der Waals surface area contributed by atoms with E-state index in [1.54, 1.807) is 14.2 Å². The summed E-state index contributed by atoms with van der Waals surface area (Å²) in [5.74, 6) is 0. The Morgan fingerprint density at radius 2 is 1.69 bits per heavy atom. The fraction of sp³-hybridized carbons (Fsp3) is 1.00. The minimum atomic E-state index is -0.424. The summed E-state index contributed by atoms with van der Waals surface area (Å²) in [6, 6.07) is 0. The van der Waals surface area contributed by atoms with E-state index in [0.29, 0.717) is 19.8 Å². The lowest BCUT2D eigenvalue weighted by atomic mass is 10.6. The van der Waals surface area contributed by atoms with Gasteiger partial charge in [-0.25, -0.2) is 0 Å². The van der Waals surface area contributed by atoms with Crippen molar-refractivity contribution in [1.82, 2.24) is 0 Å². The number of ether oxygens (including phenoxy) is 4. The van der Waals surface area contributed by atoms with E-state index in [4.69, 9.17) is 24.1 Å². The van der Waals surface area contributed by atoms with Gasteiger partial charge in [-0.05, 0) is 0 Å². The van der Waals surface area contributed by atoms with Crippen LogP contribution in [0.4, 0.5) is 0 Å². The summed E-state index contributed by atoms with van der Waals surface area (Å²) >= 11 is 0. The summed E-state index contributed by atoms with van der Waals surface area (Å²) < 4.78 is 20.0. The summed E-state index contributed by atoms with van der Waals surface area (Å²) in [4.78, 5) is 0. The summed E-state index contributed by atoms with van der Waals surface area (Å²) in [5.41, 5.74) is 0. The van der Waals surface area contributed by atoms with E-state index in [-0.39, 0.29) is 13.2 Å². The van der Waals surface area contributed by atoms with Crippen LogP contribution in [-0.2, 0) is 18.9 Å². The number of hydrogen-bond acceptors (Lipinski definition) is 5. The highest BCUT2D eigenvalue weighted by Crippen LogP contribution is 1.95. The van der Waals surface area contributed by atoms with Gasteiger partial charge in [0.2, 0.25) is 0 Å². The van der Waals surface area contributed by atoms with Gasteiger partial charge in [-0.15, -0.1) is 0 Å². The second-order valence-corrected chi connectivity index (χ2v) is 2.34. The highest BCUT2D eigenvalue weighted by Gasteiger charge is 2.07. The first-order chi connectivity index (χ1) is 6.35. The molecule has 0 aliphatic carbocycles. The predicted octanol–water partition coefficient (Wildman–Crippen LogP) is -0.369. The number of methoxy groups -OCH3 is 2. The second kappa shape index (κ2) is 9.88. The molecule has 0 aliphatic rings. The van der Waals surface area contributed by atoms with Crippen LogP contribution in [0.1, 0.15) is 0 Å². The standard InChI is InChI=1S/C8H18O5/c1-10-5-6-13-8(7-11-2)12-4-3-9/h8-9H,3-7H2,1-2H3. The summed E-state index contributed by atoms with van der Waals surface area (Å²) in [6.07, 6.45) is -0.424. The summed E-state index contributed by atoms with van der Waals surface area (Å²) in [5, 5.41) is 8.51. The highest BCUT2D eigenvalue weighted by molar-refractivity contribution is 4.42. The maximum absolute atomic E-state index is 8.51. The molecule has 0 aliphatic heterocycles. The minimum absolute atomic E-state index is 0.0200. The van der Waals surface area contributed by atoms with Crippen LogP contribution in [0.25, 0.3) is 0 Å². The predicted molar refractivity (Wildman–Crippen MR) is 46.5 cm³/mol. The SMILES string of the molecule is COCCOC(COC)OCCO. The quantitative estimate of drug-likeness (QED) is 0.401. The van der Waals surface area contributed by atoms with Crippen LogP contribution in [0.2, 0.25) is 0 Å². The van der Waals surface area contributed by atoms with Crippen molar-refractivity contribution in [3.05, 3.63) is 0 Å².